The minimum atomic E-state index is -0.302. The molecule has 2 heterocycles. The summed E-state index contributed by atoms with van der Waals surface area (Å²) in [6.45, 7) is 7.10. The van der Waals surface area contributed by atoms with Gasteiger partial charge in [-0.05, 0) is 32.4 Å². The lowest BCUT2D eigenvalue weighted by molar-refractivity contribution is 0.0524. The summed E-state index contributed by atoms with van der Waals surface area (Å²) in [6.07, 6.45) is 5.44. The fraction of sp³-hybridized carbons (Fsp3) is 0.438. The molecule has 0 unspecified atom stereocenters. The molecule has 0 saturated carbocycles. The van der Waals surface area contributed by atoms with Crippen LogP contribution >= 0.6 is 0 Å². The second-order valence-corrected chi connectivity index (χ2v) is 4.75. The van der Waals surface area contributed by atoms with Crippen molar-refractivity contribution in [2.75, 3.05) is 6.61 Å². The number of aryl methyl sites for hydroxylation is 2. The van der Waals surface area contributed by atoms with E-state index in [0.717, 1.165) is 36.3 Å². The first-order valence-electron chi connectivity index (χ1n) is 7.39. The van der Waals surface area contributed by atoms with Crippen LogP contribution in [-0.2, 0) is 17.7 Å². The van der Waals surface area contributed by atoms with E-state index < -0.39 is 0 Å². The molecule has 0 aliphatic carbocycles. The van der Waals surface area contributed by atoms with Crippen molar-refractivity contribution in [3.05, 3.63) is 35.8 Å². The normalized spacial score (nSPS) is 10.6. The van der Waals surface area contributed by atoms with Gasteiger partial charge >= 0.3 is 5.97 Å². The molecule has 0 amide bonds. The average molecular weight is 287 g/mol. The molecule has 0 radical (unpaired) electrons. The Hall–Kier alpha value is -2.17. The Kier molecular flexibility index (Phi) is 5.09. The van der Waals surface area contributed by atoms with Crippen LogP contribution in [0.25, 0.3) is 11.3 Å². The molecule has 2 rings (SSSR count). The van der Waals surface area contributed by atoms with Crippen molar-refractivity contribution in [1.29, 1.82) is 0 Å². The summed E-state index contributed by atoms with van der Waals surface area (Å²) in [5, 5.41) is 4.26. The molecule has 0 aliphatic heterocycles. The molecule has 0 saturated heterocycles. The Bertz CT molecular complexity index is 620. The van der Waals surface area contributed by atoms with Gasteiger partial charge in [0.15, 0.2) is 0 Å². The minimum Gasteiger partial charge on any atom is -0.462 e. The molecule has 5 nitrogen and oxygen atoms in total. The van der Waals surface area contributed by atoms with Crippen LogP contribution in [0.3, 0.4) is 0 Å². The van der Waals surface area contributed by atoms with Gasteiger partial charge in [-0.15, -0.1) is 0 Å². The van der Waals surface area contributed by atoms with Gasteiger partial charge in [0.1, 0.15) is 0 Å². The quantitative estimate of drug-likeness (QED) is 0.766. The molecule has 0 spiro atoms. The number of aromatic nitrogens is 3. The van der Waals surface area contributed by atoms with Crippen molar-refractivity contribution in [3.8, 4) is 11.3 Å². The monoisotopic (exact) mass is 287 g/mol. The summed E-state index contributed by atoms with van der Waals surface area (Å²) < 4.78 is 6.94. The molecule has 0 atom stereocenters. The number of rotatable bonds is 6. The number of carbonyl (C=O) groups excluding carboxylic acids is 1. The van der Waals surface area contributed by atoms with Crippen LogP contribution < -0.4 is 0 Å². The zero-order valence-electron chi connectivity index (χ0n) is 12.8. The SMILES string of the molecule is CCCc1nc(-c2cnn(CC)c2)ccc1C(=O)OCC. The van der Waals surface area contributed by atoms with Gasteiger partial charge in [0.2, 0.25) is 0 Å². The molecule has 0 aliphatic rings. The van der Waals surface area contributed by atoms with Crippen LogP contribution in [0.4, 0.5) is 0 Å². The number of nitrogens with zero attached hydrogens (tertiary/aromatic N) is 3. The summed E-state index contributed by atoms with van der Waals surface area (Å²) in [5.74, 6) is -0.302. The van der Waals surface area contributed by atoms with E-state index in [9.17, 15) is 4.79 Å². The number of esters is 1. The highest BCUT2D eigenvalue weighted by Gasteiger charge is 2.15. The van der Waals surface area contributed by atoms with Gasteiger partial charge < -0.3 is 4.74 Å². The average Bonchev–Trinajstić information content (AvgIpc) is 2.96. The highest BCUT2D eigenvalue weighted by atomic mass is 16.5. The molecule has 0 bridgehead atoms. The lowest BCUT2D eigenvalue weighted by Crippen LogP contribution is -2.10. The van der Waals surface area contributed by atoms with Crippen molar-refractivity contribution in [2.24, 2.45) is 0 Å². The minimum absolute atomic E-state index is 0.302. The maximum atomic E-state index is 12.0. The molecule has 0 N–H and O–H groups in total. The van der Waals surface area contributed by atoms with Crippen molar-refractivity contribution in [3.63, 3.8) is 0 Å². The van der Waals surface area contributed by atoms with E-state index in [1.807, 2.05) is 23.9 Å². The van der Waals surface area contributed by atoms with Crippen molar-refractivity contribution in [2.45, 2.75) is 40.2 Å². The first-order valence-corrected chi connectivity index (χ1v) is 7.39. The second kappa shape index (κ2) is 7.02. The number of carbonyl (C=O) groups is 1. The zero-order valence-corrected chi connectivity index (χ0v) is 12.8. The maximum absolute atomic E-state index is 12.0. The fourth-order valence-electron chi connectivity index (χ4n) is 2.15. The van der Waals surface area contributed by atoms with E-state index in [-0.39, 0.29) is 5.97 Å². The first kappa shape index (κ1) is 15.2. The van der Waals surface area contributed by atoms with Crippen molar-refractivity contribution >= 4 is 5.97 Å². The van der Waals surface area contributed by atoms with Gasteiger partial charge in [0, 0.05) is 18.3 Å². The molecular weight excluding hydrogens is 266 g/mol. The van der Waals surface area contributed by atoms with E-state index in [1.165, 1.54) is 0 Å². The molecule has 21 heavy (non-hydrogen) atoms. The molecule has 0 aromatic carbocycles. The summed E-state index contributed by atoms with van der Waals surface area (Å²) in [5.41, 5.74) is 3.15. The molecule has 0 fully saturated rings. The van der Waals surface area contributed by atoms with Crippen molar-refractivity contribution < 1.29 is 9.53 Å². The Balaban J connectivity index is 2.37. The van der Waals surface area contributed by atoms with Crippen LogP contribution in [0, 0.1) is 0 Å². The third-order valence-electron chi connectivity index (χ3n) is 3.21. The van der Waals surface area contributed by atoms with Crippen molar-refractivity contribution in [1.82, 2.24) is 14.8 Å². The smallest absolute Gasteiger partial charge is 0.339 e. The van der Waals surface area contributed by atoms with Crippen LogP contribution in [0.5, 0.6) is 0 Å². The highest BCUT2D eigenvalue weighted by molar-refractivity contribution is 5.91. The lowest BCUT2D eigenvalue weighted by atomic mass is 10.1. The zero-order chi connectivity index (χ0) is 15.2. The van der Waals surface area contributed by atoms with Gasteiger partial charge in [0.25, 0.3) is 0 Å². The van der Waals surface area contributed by atoms with Gasteiger partial charge in [0.05, 0.1) is 29.8 Å². The molecular formula is C16H21N3O2. The first-order chi connectivity index (χ1) is 10.2. The van der Waals surface area contributed by atoms with Gasteiger partial charge in [-0.1, -0.05) is 13.3 Å². The van der Waals surface area contributed by atoms with Crippen LogP contribution in [0.2, 0.25) is 0 Å². The number of ether oxygens (including phenoxy) is 1. The molecule has 5 heteroatoms. The van der Waals surface area contributed by atoms with E-state index in [1.54, 1.807) is 19.2 Å². The Morgan fingerprint density at radius 3 is 2.71 bits per heavy atom. The van der Waals surface area contributed by atoms with Crippen LogP contribution in [-0.4, -0.2) is 27.3 Å². The Labute approximate surface area is 125 Å². The largest absolute Gasteiger partial charge is 0.462 e. The van der Waals surface area contributed by atoms with Gasteiger partial charge in [-0.3, -0.25) is 9.67 Å². The van der Waals surface area contributed by atoms with Gasteiger partial charge in [-0.2, -0.15) is 5.10 Å². The predicted molar refractivity (Wildman–Crippen MR) is 81.1 cm³/mol. The van der Waals surface area contributed by atoms with E-state index in [2.05, 4.69) is 17.0 Å². The number of hydrogen-bond acceptors (Lipinski definition) is 4. The fourth-order valence-corrected chi connectivity index (χ4v) is 2.15. The summed E-state index contributed by atoms with van der Waals surface area (Å²) >= 11 is 0. The highest BCUT2D eigenvalue weighted by Crippen LogP contribution is 2.20. The molecule has 112 valence electrons. The predicted octanol–water partition coefficient (Wildman–Crippen LogP) is 3.09. The van der Waals surface area contributed by atoms with E-state index >= 15 is 0 Å². The second-order valence-electron chi connectivity index (χ2n) is 4.75. The lowest BCUT2D eigenvalue weighted by Gasteiger charge is -2.09. The summed E-state index contributed by atoms with van der Waals surface area (Å²) in [6, 6.07) is 3.65. The number of hydrogen-bond donors (Lipinski definition) is 0. The third kappa shape index (κ3) is 3.48. The summed E-state index contributed by atoms with van der Waals surface area (Å²) in [4.78, 5) is 16.6. The standard InChI is InChI=1S/C16H21N3O2/c1-4-7-15-13(16(20)21-6-3)8-9-14(18-15)12-10-17-19(5-2)11-12/h8-11H,4-7H2,1-3H3. The van der Waals surface area contributed by atoms with Crippen LogP contribution in [0.1, 0.15) is 43.2 Å². The maximum Gasteiger partial charge on any atom is 0.339 e. The van der Waals surface area contributed by atoms with Crippen LogP contribution in [0.15, 0.2) is 24.5 Å². The Morgan fingerprint density at radius 2 is 2.10 bits per heavy atom. The molecule has 2 aromatic rings. The number of pyridine rings is 1. The van der Waals surface area contributed by atoms with E-state index in [4.69, 9.17) is 4.74 Å². The van der Waals surface area contributed by atoms with Gasteiger partial charge in [-0.25, -0.2) is 4.79 Å². The summed E-state index contributed by atoms with van der Waals surface area (Å²) in [7, 11) is 0. The third-order valence-corrected chi connectivity index (χ3v) is 3.21. The van der Waals surface area contributed by atoms with E-state index in [0.29, 0.717) is 12.2 Å². The Morgan fingerprint density at radius 1 is 1.29 bits per heavy atom. The molecule has 2 aromatic heterocycles. The topological polar surface area (TPSA) is 57.0 Å².